The number of rotatable bonds is 5. The van der Waals surface area contributed by atoms with Crippen molar-refractivity contribution in [3.05, 3.63) is 60.4 Å². The molecular formula is C22H22N6O. The molecule has 3 heterocycles. The largest absolute Gasteiger partial charge is 0.457 e. The van der Waals surface area contributed by atoms with Crippen molar-refractivity contribution in [1.82, 2.24) is 25.5 Å². The molecule has 7 nitrogen and oxygen atoms in total. The topological polar surface area (TPSA) is 102 Å². The van der Waals surface area contributed by atoms with Crippen LogP contribution in [0.1, 0.15) is 18.7 Å². The Bertz CT molecular complexity index is 1120. The van der Waals surface area contributed by atoms with Crippen LogP contribution in [-0.2, 0) is 6.42 Å². The van der Waals surface area contributed by atoms with Crippen LogP contribution in [0.5, 0.6) is 11.5 Å². The number of benzene rings is 2. The van der Waals surface area contributed by atoms with Crippen molar-refractivity contribution in [1.29, 1.82) is 0 Å². The number of nitrogens with one attached hydrogen (secondary N) is 2. The molecule has 0 spiro atoms. The van der Waals surface area contributed by atoms with Crippen molar-refractivity contribution in [2.75, 3.05) is 12.3 Å². The summed E-state index contributed by atoms with van der Waals surface area (Å²) < 4.78 is 5.86. The van der Waals surface area contributed by atoms with Crippen LogP contribution in [-0.4, -0.2) is 32.8 Å². The maximum Gasteiger partial charge on any atom is 0.187 e. The van der Waals surface area contributed by atoms with Gasteiger partial charge in [0.1, 0.15) is 23.1 Å². The lowest BCUT2D eigenvalue weighted by Gasteiger charge is -2.09. The predicted octanol–water partition coefficient (Wildman–Crippen LogP) is 3.69. The molecule has 146 valence electrons. The van der Waals surface area contributed by atoms with E-state index in [-0.39, 0.29) is 0 Å². The molecule has 7 heteroatoms. The summed E-state index contributed by atoms with van der Waals surface area (Å²) in [7, 11) is 0. The van der Waals surface area contributed by atoms with E-state index in [0.717, 1.165) is 53.4 Å². The van der Waals surface area contributed by atoms with Gasteiger partial charge in [0.05, 0.1) is 11.1 Å². The fourth-order valence-electron chi connectivity index (χ4n) is 3.76. The molecule has 0 radical (unpaired) electrons. The number of aromatic amines is 1. The fourth-order valence-corrected chi connectivity index (χ4v) is 3.76. The van der Waals surface area contributed by atoms with Crippen molar-refractivity contribution in [3.63, 3.8) is 0 Å². The Morgan fingerprint density at radius 3 is 2.55 bits per heavy atom. The first-order chi connectivity index (χ1) is 14.3. The van der Waals surface area contributed by atoms with Gasteiger partial charge in [-0.1, -0.05) is 18.2 Å². The number of nitrogen functional groups attached to an aromatic ring is 1. The van der Waals surface area contributed by atoms with Gasteiger partial charge in [0.25, 0.3) is 0 Å². The lowest BCUT2D eigenvalue weighted by molar-refractivity contribution is 0.483. The number of anilines is 1. The van der Waals surface area contributed by atoms with E-state index >= 15 is 0 Å². The third-order valence-corrected chi connectivity index (χ3v) is 5.20. The lowest BCUT2D eigenvalue weighted by atomic mass is 10.1. The molecule has 0 unspecified atom stereocenters. The Hall–Kier alpha value is -3.45. The standard InChI is InChI=1S/C22H22N6O/c23-21-19-20(14-8-10-17(11-9-14)29-16-6-2-1-3-7-16)27-28-22(19)26-18(25-21)13-15-5-4-12-24-15/h1-3,6-11,15,24H,4-5,12-13H2,(H3,23,25,26,27,28)/t15-/m1/s1. The number of nitrogens with zero attached hydrogens (tertiary/aromatic N) is 3. The van der Waals surface area contributed by atoms with Crippen LogP contribution in [0.4, 0.5) is 5.82 Å². The van der Waals surface area contributed by atoms with E-state index < -0.39 is 0 Å². The number of aromatic nitrogens is 4. The zero-order valence-corrected chi connectivity index (χ0v) is 15.9. The molecule has 0 aliphatic carbocycles. The molecule has 1 atom stereocenters. The number of hydrogen-bond donors (Lipinski definition) is 3. The molecule has 5 rings (SSSR count). The van der Waals surface area contributed by atoms with Gasteiger partial charge in [-0.2, -0.15) is 5.10 Å². The molecule has 0 amide bonds. The molecular weight excluding hydrogens is 364 g/mol. The maximum atomic E-state index is 6.29. The molecule has 1 saturated heterocycles. The fraction of sp³-hybridized carbons (Fsp3) is 0.227. The van der Waals surface area contributed by atoms with Crippen LogP contribution in [0, 0.1) is 0 Å². The summed E-state index contributed by atoms with van der Waals surface area (Å²) in [5.74, 6) is 2.75. The van der Waals surface area contributed by atoms with Crippen LogP contribution in [0.2, 0.25) is 0 Å². The highest BCUT2D eigenvalue weighted by Gasteiger charge is 2.19. The molecule has 0 saturated carbocycles. The predicted molar refractivity (Wildman–Crippen MR) is 113 cm³/mol. The Morgan fingerprint density at radius 1 is 1.00 bits per heavy atom. The summed E-state index contributed by atoms with van der Waals surface area (Å²) >= 11 is 0. The Labute approximate surface area is 168 Å². The summed E-state index contributed by atoms with van der Waals surface area (Å²) in [5.41, 5.74) is 8.66. The molecule has 1 aliphatic rings. The van der Waals surface area contributed by atoms with Gasteiger partial charge in [-0.15, -0.1) is 0 Å². The molecule has 1 aliphatic heterocycles. The zero-order chi connectivity index (χ0) is 19.6. The SMILES string of the molecule is Nc1nc(C[C@H]2CCCN2)nc2n[nH]c(-c3ccc(Oc4ccccc4)cc3)c12. The van der Waals surface area contributed by atoms with Crippen molar-refractivity contribution < 1.29 is 4.74 Å². The maximum absolute atomic E-state index is 6.29. The van der Waals surface area contributed by atoms with Gasteiger partial charge < -0.3 is 15.8 Å². The summed E-state index contributed by atoms with van der Waals surface area (Å²) in [6, 6.07) is 17.9. The Kier molecular flexibility index (Phi) is 4.57. The van der Waals surface area contributed by atoms with Crippen LogP contribution >= 0.6 is 0 Å². The van der Waals surface area contributed by atoms with Gasteiger partial charge in [0.2, 0.25) is 0 Å². The van der Waals surface area contributed by atoms with Crippen LogP contribution in [0.3, 0.4) is 0 Å². The van der Waals surface area contributed by atoms with E-state index in [0.29, 0.717) is 17.5 Å². The lowest BCUT2D eigenvalue weighted by Crippen LogP contribution is -2.24. The first-order valence-corrected chi connectivity index (χ1v) is 9.83. The number of H-pyrrole nitrogens is 1. The molecule has 4 N–H and O–H groups in total. The average molecular weight is 386 g/mol. The minimum atomic E-state index is 0.419. The van der Waals surface area contributed by atoms with Gasteiger partial charge in [0, 0.05) is 18.0 Å². The average Bonchev–Trinajstić information content (AvgIpc) is 3.40. The van der Waals surface area contributed by atoms with E-state index in [2.05, 4.69) is 25.5 Å². The molecule has 29 heavy (non-hydrogen) atoms. The molecule has 1 fully saturated rings. The number of ether oxygens (including phenoxy) is 1. The number of hydrogen-bond acceptors (Lipinski definition) is 6. The third-order valence-electron chi connectivity index (χ3n) is 5.20. The summed E-state index contributed by atoms with van der Waals surface area (Å²) in [6.07, 6.45) is 3.11. The van der Waals surface area contributed by atoms with E-state index in [1.54, 1.807) is 0 Å². The zero-order valence-electron chi connectivity index (χ0n) is 15.9. The van der Waals surface area contributed by atoms with Gasteiger partial charge in [0.15, 0.2) is 5.65 Å². The number of para-hydroxylation sites is 1. The van der Waals surface area contributed by atoms with E-state index in [1.807, 2.05) is 54.6 Å². The second-order valence-electron chi connectivity index (χ2n) is 7.26. The normalized spacial score (nSPS) is 16.3. The molecule has 0 bridgehead atoms. The Balaban J connectivity index is 1.41. The second kappa shape index (κ2) is 7.52. The van der Waals surface area contributed by atoms with Crippen molar-refractivity contribution >= 4 is 16.9 Å². The van der Waals surface area contributed by atoms with Crippen molar-refractivity contribution in [3.8, 4) is 22.8 Å². The third kappa shape index (κ3) is 3.64. The first-order valence-electron chi connectivity index (χ1n) is 9.83. The molecule has 2 aromatic carbocycles. The number of fused-ring (bicyclic) bond motifs is 1. The van der Waals surface area contributed by atoms with E-state index in [9.17, 15) is 0 Å². The van der Waals surface area contributed by atoms with Gasteiger partial charge in [-0.05, 0) is 55.8 Å². The van der Waals surface area contributed by atoms with Crippen LogP contribution < -0.4 is 15.8 Å². The highest BCUT2D eigenvalue weighted by atomic mass is 16.5. The van der Waals surface area contributed by atoms with Gasteiger partial charge in [-0.3, -0.25) is 5.10 Å². The van der Waals surface area contributed by atoms with Gasteiger partial charge in [-0.25, -0.2) is 9.97 Å². The van der Waals surface area contributed by atoms with E-state index in [4.69, 9.17) is 10.5 Å². The summed E-state index contributed by atoms with van der Waals surface area (Å²) in [6.45, 7) is 1.05. The highest BCUT2D eigenvalue weighted by molar-refractivity contribution is 5.98. The molecule has 2 aromatic heterocycles. The monoisotopic (exact) mass is 386 g/mol. The quantitative estimate of drug-likeness (QED) is 0.483. The smallest absolute Gasteiger partial charge is 0.187 e. The minimum Gasteiger partial charge on any atom is -0.457 e. The van der Waals surface area contributed by atoms with Crippen molar-refractivity contribution in [2.45, 2.75) is 25.3 Å². The summed E-state index contributed by atoms with van der Waals surface area (Å²) in [4.78, 5) is 9.16. The van der Waals surface area contributed by atoms with E-state index in [1.165, 1.54) is 6.42 Å². The summed E-state index contributed by atoms with van der Waals surface area (Å²) in [5, 5.41) is 11.7. The van der Waals surface area contributed by atoms with Crippen molar-refractivity contribution in [2.24, 2.45) is 0 Å². The minimum absolute atomic E-state index is 0.419. The first kappa shape index (κ1) is 17.6. The van der Waals surface area contributed by atoms with Gasteiger partial charge >= 0.3 is 0 Å². The Morgan fingerprint density at radius 2 is 1.79 bits per heavy atom. The molecule has 4 aromatic rings. The van der Waals surface area contributed by atoms with Crippen LogP contribution in [0.25, 0.3) is 22.3 Å². The number of nitrogens with two attached hydrogens (primary N) is 1. The van der Waals surface area contributed by atoms with Crippen LogP contribution in [0.15, 0.2) is 54.6 Å². The second-order valence-corrected chi connectivity index (χ2v) is 7.26. The highest BCUT2D eigenvalue weighted by Crippen LogP contribution is 2.31.